The summed E-state index contributed by atoms with van der Waals surface area (Å²) in [6, 6.07) is 4.73. The van der Waals surface area contributed by atoms with Crippen LogP contribution in [-0.4, -0.2) is 27.6 Å². The Hall–Kier alpha value is -2.94. The third-order valence-corrected chi connectivity index (χ3v) is 5.54. The molecule has 32 heavy (non-hydrogen) atoms. The number of aromatic nitrogens is 3. The number of aryl methyl sites for hydroxylation is 3. The third kappa shape index (κ3) is 3.64. The van der Waals surface area contributed by atoms with Gasteiger partial charge in [0.2, 0.25) is 0 Å². The highest BCUT2D eigenvalue weighted by molar-refractivity contribution is 7.86. The molecule has 8 nitrogen and oxygen atoms in total. The molecule has 0 saturated heterocycles. The molecule has 4 rings (SSSR count). The summed E-state index contributed by atoms with van der Waals surface area (Å²) in [4.78, 5) is 24.8. The quantitative estimate of drug-likeness (QED) is 0.157. The molecular weight excluding hydrogens is 472 g/mol. The minimum Gasteiger partial charge on any atom is -0.741 e. The van der Waals surface area contributed by atoms with Crippen LogP contribution in [0.2, 0.25) is 0 Å². The highest BCUT2D eigenvalue weighted by Gasteiger charge is 2.42. The first-order valence-electron chi connectivity index (χ1n) is 8.65. The van der Waals surface area contributed by atoms with Gasteiger partial charge in [0.25, 0.3) is 11.2 Å². The molecule has 0 N–H and O–H groups in total. The Morgan fingerprint density at radius 3 is 2.09 bits per heavy atom. The lowest BCUT2D eigenvalue weighted by atomic mass is 10.0. The Kier molecular flexibility index (Phi) is 5.41. The predicted molar refractivity (Wildman–Crippen MR) is 96.6 cm³/mol. The summed E-state index contributed by atoms with van der Waals surface area (Å²) in [5.74, 6) is 0. The van der Waals surface area contributed by atoms with E-state index in [1.54, 1.807) is 16.7 Å². The smallest absolute Gasteiger partial charge is 0.485 e. The summed E-state index contributed by atoms with van der Waals surface area (Å²) < 4.78 is 104. The largest absolute Gasteiger partial charge is 0.741 e. The van der Waals surface area contributed by atoms with Gasteiger partial charge in [0.05, 0.1) is 19.2 Å². The van der Waals surface area contributed by atoms with Crippen LogP contribution in [0.5, 0.6) is 0 Å². The van der Waals surface area contributed by atoms with E-state index in [2.05, 4.69) is 0 Å². The molecule has 0 radical (unpaired) electrons. The van der Waals surface area contributed by atoms with Gasteiger partial charge in [-0.1, -0.05) is 18.2 Å². The van der Waals surface area contributed by atoms with Gasteiger partial charge in [-0.15, -0.1) is 0 Å². The number of para-hydroxylation sites is 1. The van der Waals surface area contributed by atoms with Gasteiger partial charge in [0, 0.05) is 24.4 Å². The van der Waals surface area contributed by atoms with E-state index in [-0.39, 0.29) is 11.0 Å². The molecule has 1 aromatic carbocycles. The maximum atomic E-state index is 13.8. The number of rotatable bonds is 0. The minimum absolute atomic E-state index is 0.000693. The third-order valence-electron chi connectivity index (χ3n) is 4.97. The van der Waals surface area contributed by atoms with Crippen molar-refractivity contribution in [2.24, 2.45) is 14.1 Å². The van der Waals surface area contributed by atoms with Crippen LogP contribution < -0.4 is 15.8 Å². The second-order valence-corrected chi connectivity index (χ2v) is 8.26. The monoisotopic (exact) mass is 485 g/mol. The molecular formula is C17H13F6N3O5S. The lowest BCUT2D eigenvalue weighted by Crippen LogP contribution is -2.45. The molecule has 0 unspecified atom stereocenters. The van der Waals surface area contributed by atoms with Gasteiger partial charge in [-0.2, -0.15) is 30.9 Å². The van der Waals surface area contributed by atoms with Gasteiger partial charge >= 0.3 is 17.4 Å². The van der Waals surface area contributed by atoms with Crippen LogP contribution in [0.3, 0.4) is 0 Å². The van der Waals surface area contributed by atoms with Gasteiger partial charge in [0.1, 0.15) is 10.9 Å². The summed E-state index contributed by atoms with van der Waals surface area (Å²) in [6.07, 6.45) is -4.14. The molecule has 0 amide bonds. The zero-order valence-electron chi connectivity index (χ0n) is 16.2. The molecule has 0 saturated carbocycles. The number of benzene rings is 1. The van der Waals surface area contributed by atoms with Crippen molar-refractivity contribution in [3.05, 3.63) is 50.2 Å². The number of nitrogens with zero attached hydrogens (tertiary/aromatic N) is 3. The number of fused-ring (bicyclic) bond motifs is 2. The normalized spacial score (nSPS) is 14.0. The summed E-state index contributed by atoms with van der Waals surface area (Å²) in [6.45, 7) is 0.435. The summed E-state index contributed by atoms with van der Waals surface area (Å²) in [7, 11) is -3.51. The lowest BCUT2D eigenvalue weighted by Gasteiger charge is -2.14. The SMILES string of the molecule is Cn1c(=O)c2c(C(F)(F)F)c3cccc4c3[n+](c2n(C)c1=O)CC4.O=S(=O)([O-])C(F)(F)F. The van der Waals surface area contributed by atoms with Crippen molar-refractivity contribution in [2.75, 3.05) is 0 Å². The van der Waals surface area contributed by atoms with Gasteiger partial charge in [-0.3, -0.25) is 4.79 Å². The fourth-order valence-corrected chi connectivity index (χ4v) is 3.67. The second-order valence-electron chi connectivity index (χ2n) is 6.89. The maximum absolute atomic E-state index is 13.8. The van der Waals surface area contributed by atoms with E-state index in [1.165, 1.54) is 20.2 Å². The molecule has 0 atom stereocenters. The molecule has 15 heteroatoms. The molecule has 3 heterocycles. The Balaban J connectivity index is 0.000000312. The van der Waals surface area contributed by atoms with Gasteiger partial charge in [-0.25, -0.2) is 22.3 Å². The molecule has 0 fully saturated rings. The van der Waals surface area contributed by atoms with Crippen LogP contribution in [0.25, 0.3) is 21.9 Å². The van der Waals surface area contributed by atoms with Crippen molar-refractivity contribution >= 4 is 32.1 Å². The number of pyridine rings is 1. The van der Waals surface area contributed by atoms with Crippen LogP contribution in [0, 0.1) is 0 Å². The average molecular weight is 485 g/mol. The van der Waals surface area contributed by atoms with Crippen LogP contribution in [0.15, 0.2) is 27.8 Å². The molecule has 1 aliphatic heterocycles. The van der Waals surface area contributed by atoms with E-state index >= 15 is 0 Å². The Bertz CT molecular complexity index is 1490. The topological polar surface area (TPSA) is 105 Å². The van der Waals surface area contributed by atoms with Crippen molar-refractivity contribution in [2.45, 2.75) is 24.7 Å². The van der Waals surface area contributed by atoms with Crippen molar-refractivity contribution in [1.29, 1.82) is 0 Å². The van der Waals surface area contributed by atoms with E-state index in [4.69, 9.17) is 13.0 Å². The van der Waals surface area contributed by atoms with Crippen molar-refractivity contribution in [3.63, 3.8) is 0 Å². The molecule has 0 bridgehead atoms. The van der Waals surface area contributed by atoms with Crippen LogP contribution in [-0.2, 0) is 43.4 Å². The second kappa shape index (κ2) is 7.30. The van der Waals surface area contributed by atoms with E-state index in [9.17, 15) is 35.9 Å². The molecule has 3 aromatic rings. The highest BCUT2D eigenvalue weighted by atomic mass is 32.2. The van der Waals surface area contributed by atoms with E-state index in [0.717, 1.165) is 14.7 Å². The standard InChI is InChI=1S/C16H13F3N3O2.CHF3O3S/c1-20-13-10(14(23)21(2)15(20)24)11(16(17,18)19)9-5-3-4-8-6-7-22(13)12(8)9;2-1(3,4)8(5,6)7/h3-5H,6-7H2,1-2H3;(H,5,6,7)/q+1;/p-1. The van der Waals surface area contributed by atoms with Crippen LogP contribution >= 0.6 is 0 Å². The molecule has 174 valence electrons. The van der Waals surface area contributed by atoms with Crippen LogP contribution in [0.4, 0.5) is 26.3 Å². The molecule has 2 aromatic heterocycles. The molecule has 0 spiro atoms. The number of hydrogen-bond acceptors (Lipinski definition) is 5. The van der Waals surface area contributed by atoms with Gasteiger partial charge < -0.3 is 4.55 Å². The number of halogens is 6. The average Bonchev–Trinajstić information content (AvgIpc) is 3.08. The van der Waals surface area contributed by atoms with Crippen molar-refractivity contribution in [1.82, 2.24) is 9.13 Å². The van der Waals surface area contributed by atoms with E-state index in [1.807, 2.05) is 0 Å². The Morgan fingerprint density at radius 2 is 1.59 bits per heavy atom. The zero-order chi connectivity index (χ0) is 24.4. The number of alkyl halides is 6. The van der Waals surface area contributed by atoms with Crippen LogP contribution in [0.1, 0.15) is 11.1 Å². The van der Waals surface area contributed by atoms with Gasteiger partial charge in [-0.05, 0) is 0 Å². The highest BCUT2D eigenvalue weighted by Crippen LogP contribution is 2.39. The van der Waals surface area contributed by atoms with Crippen molar-refractivity contribution < 1.29 is 43.9 Å². The summed E-state index contributed by atoms with van der Waals surface area (Å²) in [5, 5.41) is -0.459. The summed E-state index contributed by atoms with van der Waals surface area (Å²) >= 11 is 0. The first-order valence-corrected chi connectivity index (χ1v) is 10.1. The summed E-state index contributed by atoms with van der Waals surface area (Å²) in [5.41, 5.74) is -6.94. The maximum Gasteiger partial charge on any atom is 0.485 e. The Labute approximate surface area is 174 Å². The first kappa shape index (κ1) is 23.7. The fourth-order valence-electron chi connectivity index (χ4n) is 3.67. The van der Waals surface area contributed by atoms with Crippen molar-refractivity contribution in [3.8, 4) is 0 Å². The number of hydrogen-bond donors (Lipinski definition) is 0. The lowest BCUT2D eigenvalue weighted by molar-refractivity contribution is -0.640. The fraction of sp³-hybridized carbons (Fsp3) is 0.353. The zero-order valence-corrected chi connectivity index (χ0v) is 17.0. The Morgan fingerprint density at radius 1 is 1.03 bits per heavy atom. The van der Waals surface area contributed by atoms with E-state index in [0.29, 0.717) is 18.5 Å². The minimum atomic E-state index is -6.09. The predicted octanol–water partition coefficient (Wildman–Crippen LogP) is 1.30. The first-order chi connectivity index (χ1) is 14.5. The van der Waals surface area contributed by atoms with Gasteiger partial charge in [0.15, 0.2) is 10.1 Å². The molecule has 1 aliphatic rings. The van der Waals surface area contributed by atoms with E-state index < -0.39 is 44.0 Å². The molecule has 0 aliphatic carbocycles.